The minimum absolute atomic E-state index is 0.263. The Hall–Kier alpha value is -2.40. The van der Waals surface area contributed by atoms with Gasteiger partial charge in [-0.1, -0.05) is 18.2 Å². The number of rotatable bonds is 3. The lowest BCUT2D eigenvalue weighted by Crippen LogP contribution is -2.13. The number of anilines is 1. The fourth-order valence-electron chi connectivity index (χ4n) is 2.39. The summed E-state index contributed by atoms with van der Waals surface area (Å²) < 4.78 is 27.5. The minimum Gasteiger partial charge on any atom is -0.280 e. The van der Waals surface area contributed by atoms with E-state index in [-0.39, 0.29) is 4.90 Å². The van der Waals surface area contributed by atoms with E-state index in [1.807, 2.05) is 38.1 Å². The molecule has 22 heavy (non-hydrogen) atoms. The molecule has 0 unspecified atom stereocenters. The zero-order chi connectivity index (χ0) is 15.7. The van der Waals surface area contributed by atoms with Crippen molar-refractivity contribution in [3.8, 4) is 0 Å². The molecule has 112 valence electrons. The molecule has 0 atom stereocenters. The number of aromatic nitrogens is 1. The van der Waals surface area contributed by atoms with Crippen molar-refractivity contribution in [2.75, 3.05) is 4.72 Å². The van der Waals surface area contributed by atoms with Crippen molar-refractivity contribution in [2.45, 2.75) is 18.7 Å². The maximum absolute atomic E-state index is 12.4. The first-order valence-corrected chi connectivity index (χ1v) is 8.39. The predicted octanol–water partition coefficient (Wildman–Crippen LogP) is 3.65. The van der Waals surface area contributed by atoms with Gasteiger partial charge in [0.15, 0.2) is 0 Å². The Morgan fingerprint density at radius 1 is 1.00 bits per heavy atom. The molecule has 0 saturated carbocycles. The van der Waals surface area contributed by atoms with Gasteiger partial charge >= 0.3 is 0 Å². The summed E-state index contributed by atoms with van der Waals surface area (Å²) in [5.41, 5.74) is 2.37. The van der Waals surface area contributed by atoms with Gasteiger partial charge in [0.2, 0.25) is 0 Å². The molecule has 1 heterocycles. The molecule has 5 heteroatoms. The second kappa shape index (κ2) is 5.42. The summed E-state index contributed by atoms with van der Waals surface area (Å²) >= 11 is 0. The van der Waals surface area contributed by atoms with Gasteiger partial charge in [-0.15, -0.1) is 0 Å². The Bertz CT molecular complexity index is 950. The molecule has 0 aliphatic heterocycles. The third-order valence-electron chi connectivity index (χ3n) is 3.52. The number of hydrogen-bond donors (Lipinski definition) is 1. The lowest BCUT2D eigenvalue weighted by Gasteiger charge is -2.10. The lowest BCUT2D eigenvalue weighted by atomic mass is 10.1. The van der Waals surface area contributed by atoms with Crippen molar-refractivity contribution < 1.29 is 8.42 Å². The normalized spacial score (nSPS) is 11.5. The quantitative estimate of drug-likeness (QED) is 0.803. The maximum Gasteiger partial charge on any atom is 0.261 e. The van der Waals surface area contributed by atoms with Crippen LogP contribution in [0.25, 0.3) is 10.8 Å². The molecule has 1 N–H and O–H groups in total. The predicted molar refractivity (Wildman–Crippen MR) is 88.5 cm³/mol. The van der Waals surface area contributed by atoms with Gasteiger partial charge in [0, 0.05) is 23.0 Å². The van der Waals surface area contributed by atoms with E-state index in [9.17, 15) is 8.42 Å². The largest absolute Gasteiger partial charge is 0.280 e. The van der Waals surface area contributed by atoms with Gasteiger partial charge in [-0.2, -0.15) is 0 Å². The highest BCUT2D eigenvalue weighted by Gasteiger charge is 2.14. The Morgan fingerprint density at radius 2 is 1.82 bits per heavy atom. The summed E-state index contributed by atoms with van der Waals surface area (Å²) in [6, 6.07) is 14.2. The average Bonchev–Trinajstić information content (AvgIpc) is 2.47. The molecule has 0 fully saturated rings. The van der Waals surface area contributed by atoms with Crippen LogP contribution in [0.2, 0.25) is 0 Å². The highest BCUT2D eigenvalue weighted by molar-refractivity contribution is 7.92. The van der Waals surface area contributed by atoms with Gasteiger partial charge in [0.1, 0.15) is 0 Å². The minimum atomic E-state index is -3.58. The van der Waals surface area contributed by atoms with Crippen LogP contribution in [0.4, 0.5) is 5.69 Å². The van der Waals surface area contributed by atoms with Gasteiger partial charge in [0.25, 0.3) is 10.0 Å². The summed E-state index contributed by atoms with van der Waals surface area (Å²) in [4.78, 5) is 4.49. The van der Waals surface area contributed by atoms with Gasteiger partial charge in [-0.05, 0) is 55.1 Å². The van der Waals surface area contributed by atoms with Crippen LogP contribution < -0.4 is 4.72 Å². The number of nitrogens with one attached hydrogen (secondary N) is 1. The van der Waals surface area contributed by atoms with Crippen LogP contribution in [0.1, 0.15) is 11.3 Å². The maximum atomic E-state index is 12.4. The van der Waals surface area contributed by atoms with Gasteiger partial charge in [-0.25, -0.2) is 8.42 Å². The zero-order valence-electron chi connectivity index (χ0n) is 12.4. The fourth-order valence-corrected chi connectivity index (χ4v) is 3.54. The highest BCUT2D eigenvalue weighted by Crippen LogP contribution is 2.23. The van der Waals surface area contributed by atoms with Crippen LogP contribution in [0, 0.1) is 13.8 Å². The molecule has 0 bridgehead atoms. The smallest absolute Gasteiger partial charge is 0.261 e. The number of fused-ring (bicyclic) bond motifs is 1. The van der Waals surface area contributed by atoms with E-state index in [0.717, 1.165) is 22.0 Å². The number of benzene rings is 2. The summed E-state index contributed by atoms with van der Waals surface area (Å²) in [5, 5.41) is 1.97. The number of hydrogen-bond acceptors (Lipinski definition) is 3. The average molecular weight is 312 g/mol. The van der Waals surface area contributed by atoms with Crippen molar-refractivity contribution in [1.82, 2.24) is 4.98 Å². The zero-order valence-corrected chi connectivity index (χ0v) is 13.2. The second-order valence-corrected chi connectivity index (χ2v) is 6.94. The number of nitrogens with zero attached hydrogens (tertiary/aromatic N) is 1. The van der Waals surface area contributed by atoms with Crippen molar-refractivity contribution >= 4 is 26.5 Å². The van der Waals surface area contributed by atoms with Crippen molar-refractivity contribution in [3.05, 3.63) is 66.0 Å². The Labute approximate surface area is 129 Å². The third kappa shape index (κ3) is 2.80. The van der Waals surface area contributed by atoms with Crippen LogP contribution in [-0.4, -0.2) is 13.4 Å². The standard InChI is InChI=1S/C17H16N2O2S/c1-12-4-3-5-16(10-12)22(20,21)19-15-6-7-17-13(2)18-9-8-14(17)11-15/h3-11,19H,1-2H3. The number of pyridine rings is 1. The van der Waals surface area contributed by atoms with Crippen LogP contribution in [0.3, 0.4) is 0 Å². The molecule has 0 amide bonds. The molecule has 0 aliphatic rings. The first kappa shape index (κ1) is 14.5. The summed E-state index contributed by atoms with van der Waals surface area (Å²) in [6.07, 6.45) is 1.72. The molecule has 0 aliphatic carbocycles. The van der Waals surface area contributed by atoms with Crippen LogP contribution in [-0.2, 0) is 10.0 Å². The number of aryl methyl sites for hydroxylation is 2. The molecule has 0 saturated heterocycles. The first-order valence-electron chi connectivity index (χ1n) is 6.90. The lowest BCUT2D eigenvalue weighted by molar-refractivity contribution is 0.601. The monoisotopic (exact) mass is 312 g/mol. The summed E-state index contributed by atoms with van der Waals surface area (Å²) in [6.45, 7) is 3.80. The Kier molecular flexibility index (Phi) is 3.58. The fraction of sp³-hybridized carbons (Fsp3) is 0.118. The molecule has 0 radical (unpaired) electrons. The van der Waals surface area contributed by atoms with Gasteiger partial charge in [-0.3, -0.25) is 9.71 Å². The molecule has 3 aromatic rings. The van der Waals surface area contributed by atoms with Crippen molar-refractivity contribution in [2.24, 2.45) is 0 Å². The van der Waals surface area contributed by atoms with Crippen molar-refractivity contribution in [3.63, 3.8) is 0 Å². The molecule has 0 spiro atoms. The Balaban J connectivity index is 1.99. The molecule has 4 nitrogen and oxygen atoms in total. The van der Waals surface area contributed by atoms with E-state index >= 15 is 0 Å². The van der Waals surface area contributed by atoms with Crippen LogP contribution in [0.15, 0.2) is 59.6 Å². The first-order chi connectivity index (χ1) is 10.5. The van der Waals surface area contributed by atoms with E-state index < -0.39 is 10.0 Å². The van der Waals surface area contributed by atoms with E-state index in [0.29, 0.717) is 5.69 Å². The van der Waals surface area contributed by atoms with E-state index in [4.69, 9.17) is 0 Å². The van der Waals surface area contributed by atoms with Gasteiger partial charge < -0.3 is 0 Å². The van der Waals surface area contributed by atoms with E-state index in [1.54, 1.807) is 30.5 Å². The van der Waals surface area contributed by atoms with Crippen LogP contribution >= 0.6 is 0 Å². The highest BCUT2D eigenvalue weighted by atomic mass is 32.2. The second-order valence-electron chi connectivity index (χ2n) is 5.25. The number of sulfonamides is 1. The van der Waals surface area contributed by atoms with E-state index in [1.165, 1.54) is 0 Å². The molecule has 2 aromatic carbocycles. The molecular formula is C17H16N2O2S. The summed E-state index contributed by atoms with van der Waals surface area (Å²) in [5.74, 6) is 0. The molecule has 3 rings (SSSR count). The SMILES string of the molecule is Cc1cccc(S(=O)(=O)Nc2ccc3c(C)nccc3c2)c1. The molecule has 1 aromatic heterocycles. The van der Waals surface area contributed by atoms with Crippen molar-refractivity contribution in [1.29, 1.82) is 0 Å². The molecular weight excluding hydrogens is 296 g/mol. The third-order valence-corrected chi connectivity index (χ3v) is 4.89. The Morgan fingerprint density at radius 3 is 2.59 bits per heavy atom. The van der Waals surface area contributed by atoms with E-state index in [2.05, 4.69) is 9.71 Å². The van der Waals surface area contributed by atoms with Gasteiger partial charge in [0.05, 0.1) is 4.90 Å². The summed E-state index contributed by atoms with van der Waals surface area (Å²) in [7, 11) is -3.58. The topological polar surface area (TPSA) is 59.1 Å². The van der Waals surface area contributed by atoms with Crippen LogP contribution in [0.5, 0.6) is 0 Å².